The summed E-state index contributed by atoms with van der Waals surface area (Å²) in [5, 5.41) is 0. The zero-order chi connectivity index (χ0) is 12.3. The number of hydrogen-bond donors (Lipinski definition) is 0. The van der Waals surface area contributed by atoms with Crippen LogP contribution in [0.2, 0.25) is 0 Å². The monoisotopic (exact) mass is 228 g/mol. The molecular formula is C17H24. The number of rotatable bonds is 6. The lowest BCUT2D eigenvalue weighted by Crippen LogP contribution is -1.80. The zero-order valence-electron chi connectivity index (χ0n) is 11.0. The summed E-state index contributed by atoms with van der Waals surface area (Å²) in [6.45, 7) is 5.83. The summed E-state index contributed by atoms with van der Waals surface area (Å²) < 4.78 is 0. The maximum Gasteiger partial charge on any atom is -0.00569 e. The molecule has 1 aliphatic carbocycles. The lowest BCUT2D eigenvalue weighted by Gasteiger charge is -1.99. The molecule has 0 radical (unpaired) electrons. The molecule has 92 valence electrons. The molecule has 1 saturated carbocycles. The Morgan fingerprint density at radius 3 is 2.59 bits per heavy atom. The van der Waals surface area contributed by atoms with E-state index in [1.165, 1.54) is 31.3 Å². The predicted molar refractivity (Wildman–Crippen MR) is 77.0 cm³/mol. The Morgan fingerprint density at radius 1 is 1.18 bits per heavy atom. The highest BCUT2D eigenvalue weighted by molar-refractivity contribution is 5.15. The fourth-order valence-corrected chi connectivity index (χ4v) is 2.06. The van der Waals surface area contributed by atoms with Gasteiger partial charge in [-0.2, -0.15) is 0 Å². The minimum absolute atomic E-state index is 0.991. The molecule has 0 bridgehead atoms. The van der Waals surface area contributed by atoms with Crippen LogP contribution in [0.15, 0.2) is 53.8 Å². The van der Waals surface area contributed by atoms with Crippen LogP contribution in [0.5, 0.6) is 0 Å². The van der Waals surface area contributed by atoms with Gasteiger partial charge in [-0.25, -0.2) is 0 Å². The first-order valence-corrected chi connectivity index (χ1v) is 6.68. The lowest BCUT2D eigenvalue weighted by molar-refractivity contribution is 0.886. The molecule has 0 nitrogen and oxygen atoms in total. The normalized spacial score (nSPS) is 15.7. The molecule has 0 unspecified atom stereocenters. The molecule has 0 aliphatic heterocycles. The van der Waals surface area contributed by atoms with Crippen molar-refractivity contribution in [3.63, 3.8) is 0 Å². The Labute approximate surface area is 106 Å². The molecule has 0 heterocycles. The van der Waals surface area contributed by atoms with Crippen molar-refractivity contribution in [3.05, 3.63) is 53.8 Å². The van der Waals surface area contributed by atoms with Crippen molar-refractivity contribution in [1.82, 2.24) is 0 Å². The summed E-state index contributed by atoms with van der Waals surface area (Å²) in [5.41, 5.74) is 6.01. The van der Waals surface area contributed by atoms with Crippen molar-refractivity contribution in [1.29, 1.82) is 0 Å². The summed E-state index contributed by atoms with van der Waals surface area (Å²) >= 11 is 0. The summed E-state index contributed by atoms with van der Waals surface area (Å²) in [7, 11) is 0. The molecule has 1 rings (SSSR count). The average molecular weight is 228 g/mol. The van der Waals surface area contributed by atoms with Crippen molar-refractivity contribution in [2.75, 3.05) is 0 Å². The molecule has 0 amide bonds. The van der Waals surface area contributed by atoms with Crippen LogP contribution < -0.4 is 0 Å². The van der Waals surface area contributed by atoms with Crippen LogP contribution in [0.4, 0.5) is 0 Å². The molecule has 0 aromatic heterocycles. The van der Waals surface area contributed by atoms with Gasteiger partial charge in [0.05, 0.1) is 0 Å². The molecule has 0 aromatic carbocycles. The third kappa shape index (κ3) is 6.14. The van der Waals surface area contributed by atoms with Gasteiger partial charge in [0.2, 0.25) is 0 Å². The van der Waals surface area contributed by atoms with Crippen molar-refractivity contribution in [2.45, 2.75) is 51.9 Å². The molecule has 0 heteroatoms. The third-order valence-electron chi connectivity index (χ3n) is 3.17. The van der Waals surface area contributed by atoms with E-state index in [0.717, 1.165) is 19.3 Å². The molecule has 17 heavy (non-hydrogen) atoms. The Kier molecular flexibility index (Phi) is 7.18. The molecular weight excluding hydrogens is 204 g/mol. The van der Waals surface area contributed by atoms with Crippen LogP contribution in [0, 0.1) is 0 Å². The van der Waals surface area contributed by atoms with Crippen LogP contribution in [-0.4, -0.2) is 0 Å². The summed E-state index contributed by atoms with van der Waals surface area (Å²) in [6.07, 6.45) is 19.5. The second-order valence-corrected chi connectivity index (χ2v) is 4.53. The molecule has 0 N–H and O–H groups in total. The molecule has 1 fully saturated rings. The third-order valence-corrected chi connectivity index (χ3v) is 3.17. The predicted octanol–water partition coefficient (Wildman–Crippen LogP) is 5.50. The van der Waals surface area contributed by atoms with E-state index in [0.29, 0.717) is 0 Å². The smallest absolute Gasteiger partial charge is 0.00569 e. The van der Waals surface area contributed by atoms with Crippen LogP contribution in [0.25, 0.3) is 0 Å². The first-order valence-electron chi connectivity index (χ1n) is 6.68. The van der Waals surface area contributed by atoms with Crippen LogP contribution in [-0.2, 0) is 0 Å². The largest absolute Gasteiger partial charge is 0.129 e. The topological polar surface area (TPSA) is 0 Å². The van der Waals surface area contributed by atoms with Crippen LogP contribution >= 0.6 is 0 Å². The lowest BCUT2D eigenvalue weighted by atomic mass is 10.1. The van der Waals surface area contributed by atoms with Crippen LogP contribution in [0.3, 0.4) is 0 Å². The molecule has 0 spiro atoms. The van der Waals surface area contributed by atoms with E-state index >= 15 is 0 Å². The molecule has 0 atom stereocenters. The maximum absolute atomic E-state index is 3.78. The van der Waals surface area contributed by atoms with Crippen molar-refractivity contribution < 1.29 is 0 Å². The van der Waals surface area contributed by atoms with E-state index in [-0.39, 0.29) is 0 Å². The first-order chi connectivity index (χ1) is 8.36. The van der Waals surface area contributed by atoms with Gasteiger partial charge in [-0.1, -0.05) is 42.5 Å². The minimum atomic E-state index is 0.991. The van der Waals surface area contributed by atoms with E-state index < -0.39 is 0 Å². The summed E-state index contributed by atoms with van der Waals surface area (Å²) in [6, 6.07) is 0. The van der Waals surface area contributed by atoms with Gasteiger partial charge in [-0.05, 0) is 57.4 Å². The number of allylic oxidation sites excluding steroid dienone is 7. The molecule has 1 aliphatic rings. The standard InChI is InChI=1S/C17H24/c1-3-5-6-7-8-11-16(4-2)14-15-17-12-9-10-13-17/h3,5,7-8,15H,2,6,9-14H2,1H3. The Hall–Kier alpha value is -1.26. The van der Waals surface area contributed by atoms with E-state index in [9.17, 15) is 0 Å². The van der Waals surface area contributed by atoms with E-state index in [2.05, 4.69) is 49.6 Å². The minimum Gasteiger partial charge on any atom is -0.129 e. The summed E-state index contributed by atoms with van der Waals surface area (Å²) in [4.78, 5) is 0. The van der Waals surface area contributed by atoms with E-state index in [1.807, 2.05) is 0 Å². The fraction of sp³-hybridized carbons (Fsp3) is 0.471. The van der Waals surface area contributed by atoms with Gasteiger partial charge >= 0.3 is 0 Å². The highest BCUT2D eigenvalue weighted by Crippen LogP contribution is 2.25. The van der Waals surface area contributed by atoms with Crippen molar-refractivity contribution in [2.24, 2.45) is 0 Å². The average Bonchev–Trinajstić information content (AvgIpc) is 2.86. The Morgan fingerprint density at radius 2 is 1.94 bits per heavy atom. The quantitative estimate of drug-likeness (QED) is 0.416. The van der Waals surface area contributed by atoms with Gasteiger partial charge in [0.15, 0.2) is 0 Å². The van der Waals surface area contributed by atoms with Gasteiger partial charge in [0.25, 0.3) is 0 Å². The molecule has 0 saturated heterocycles. The second kappa shape index (κ2) is 8.84. The Balaban J connectivity index is 2.31. The first kappa shape index (κ1) is 13.8. The highest BCUT2D eigenvalue weighted by atomic mass is 14.1. The summed E-state index contributed by atoms with van der Waals surface area (Å²) in [5.74, 6) is 0. The Bertz CT molecular complexity index is 338. The van der Waals surface area contributed by atoms with Gasteiger partial charge in [0, 0.05) is 0 Å². The SMILES string of the molecule is C=C=C(CC=CCC=CC)CC=C1CCCC1. The fourth-order valence-electron chi connectivity index (χ4n) is 2.06. The highest BCUT2D eigenvalue weighted by Gasteiger charge is 2.05. The van der Waals surface area contributed by atoms with Crippen molar-refractivity contribution >= 4 is 0 Å². The molecule has 0 aromatic rings. The van der Waals surface area contributed by atoms with Gasteiger partial charge in [-0.15, -0.1) is 5.73 Å². The number of hydrogen-bond acceptors (Lipinski definition) is 0. The van der Waals surface area contributed by atoms with E-state index in [4.69, 9.17) is 0 Å². The van der Waals surface area contributed by atoms with Gasteiger partial charge in [-0.3, -0.25) is 0 Å². The van der Waals surface area contributed by atoms with Gasteiger partial charge in [0.1, 0.15) is 0 Å². The van der Waals surface area contributed by atoms with Gasteiger partial charge < -0.3 is 0 Å². The second-order valence-electron chi connectivity index (χ2n) is 4.53. The van der Waals surface area contributed by atoms with E-state index in [1.54, 1.807) is 5.57 Å². The zero-order valence-corrected chi connectivity index (χ0v) is 11.0. The maximum atomic E-state index is 3.78. The van der Waals surface area contributed by atoms with Crippen molar-refractivity contribution in [3.8, 4) is 0 Å². The van der Waals surface area contributed by atoms with Crippen LogP contribution in [0.1, 0.15) is 51.9 Å².